The maximum Gasteiger partial charge on any atom is 0.123 e. The average molecular weight is 285 g/mol. The molecule has 0 fully saturated rings. The van der Waals surface area contributed by atoms with Gasteiger partial charge in [-0.25, -0.2) is 4.39 Å². The predicted octanol–water partition coefficient (Wildman–Crippen LogP) is 4.46. The highest BCUT2D eigenvalue weighted by atomic mass is 19.1. The van der Waals surface area contributed by atoms with Crippen LogP contribution >= 0.6 is 0 Å². The summed E-state index contributed by atoms with van der Waals surface area (Å²) in [5.41, 5.74) is 3.58. The number of hydrogen-bond acceptors (Lipinski definition) is 1. The third-order valence-corrected chi connectivity index (χ3v) is 4.28. The van der Waals surface area contributed by atoms with Crippen molar-refractivity contribution in [3.8, 4) is 0 Å². The highest BCUT2D eigenvalue weighted by molar-refractivity contribution is 5.29. The first-order valence-corrected chi connectivity index (χ1v) is 7.63. The summed E-state index contributed by atoms with van der Waals surface area (Å²) in [5, 5.41) is 3.42. The van der Waals surface area contributed by atoms with Crippen molar-refractivity contribution in [2.24, 2.45) is 0 Å². The summed E-state index contributed by atoms with van der Waals surface area (Å²) in [6.45, 7) is 4.26. The number of halogens is 1. The Balaban J connectivity index is 2.24. The molecule has 0 bridgehead atoms. The largest absolute Gasteiger partial charge is 0.316 e. The molecule has 21 heavy (non-hydrogen) atoms. The second-order valence-electron chi connectivity index (χ2n) is 5.60. The van der Waals surface area contributed by atoms with Gasteiger partial charge < -0.3 is 5.32 Å². The van der Waals surface area contributed by atoms with Gasteiger partial charge in [0, 0.05) is 6.04 Å². The topological polar surface area (TPSA) is 12.0 Å². The lowest BCUT2D eigenvalue weighted by atomic mass is 9.85. The maximum atomic E-state index is 13.5. The van der Waals surface area contributed by atoms with Gasteiger partial charge in [-0.15, -0.1) is 0 Å². The number of hydrogen-bond donors (Lipinski definition) is 1. The molecule has 0 aliphatic carbocycles. The molecule has 0 heterocycles. The first-order chi connectivity index (χ1) is 10.2. The molecule has 2 atom stereocenters. The van der Waals surface area contributed by atoms with Gasteiger partial charge in [0.15, 0.2) is 0 Å². The van der Waals surface area contributed by atoms with E-state index >= 15 is 0 Å². The van der Waals surface area contributed by atoms with Crippen LogP contribution in [0.4, 0.5) is 4.39 Å². The summed E-state index contributed by atoms with van der Waals surface area (Å²) in [5.74, 6) is 0.275. The van der Waals surface area contributed by atoms with E-state index < -0.39 is 0 Å². The molecule has 2 unspecified atom stereocenters. The molecule has 0 aliphatic heterocycles. The van der Waals surface area contributed by atoms with Gasteiger partial charge in [0.2, 0.25) is 0 Å². The number of aryl methyl sites for hydroxylation is 1. The molecule has 2 heteroatoms. The van der Waals surface area contributed by atoms with Gasteiger partial charge in [0.05, 0.1) is 0 Å². The van der Waals surface area contributed by atoms with E-state index in [1.807, 2.05) is 26.1 Å². The molecule has 0 radical (unpaired) electrons. The fourth-order valence-electron chi connectivity index (χ4n) is 3.00. The molecule has 1 nitrogen and oxygen atoms in total. The molecule has 0 aliphatic rings. The Kier molecular flexibility index (Phi) is 5.51. The highest BCUT2D eigenvalue weighted by Gasteiger charge is 2.21. The van der Waals surface area contributed by atoms with Gasteiger partial charge >= 0.3 is 0 Å². The summed E-state index contributed by atoms with van der Waals surface area (Å²) in [6.07, 6.45) is 1.90. The predicted molar refractivity (Wildman–Crippen MR) is 87.2 cm³/mol. The van der Waals surface area contributed by atoms with Crippen LogP contribution in [0.25, 0.3) is 0 Å². The number of likely N-dealkylation sites (N-methyl/N-ethyl adjacent to an activating group) is 1. The fraction of sp³-hybridized carbons (Fsp3) is 0.368. The lowest BCUT2D eigenvalue weighted by molar-refractivity contribution is 0.447. The lowest BCUT2D eigenvalue weighted by Gasteiger charge is -2.27. The Morgan fingerprint density at radius 3 is 2.43 bits per heavy atom. The van der Waals surface area contributed by atoms with Gasteiger partial charge in [0.25, 0.3) is 0 Å². The molecule has 1 N–H and O–H groups in total. The summed E-state index contributed by atoms with van der Waals surface area (Å²) < 4.78 is 13.5. The van der Waals surface area contributed by atoms with E-state index in [1.165, 1.54) is 11.6 Å². The Morgan fingerprint density at radius 1 is 1.10 bits per heavy atom. The lowest BCUT2D eigenvalue weighted by Crippen LogP contribution is -2.34. The summed E-state index contributed by atoms with van der Waals surface area (Å²) in [6, 6.07) is 15.9. The second-order valence-corrected chi connectivity index (χ2v) is 5.60. The molecule has 2 aromatic carbocycles. The zero-order valence-corrected chi connectivity index (χ0v) is 13.1. The average Bonchev–Trinajstić information content (AvgIpc) is 2.51. The Morgan fingerprint density at radius 2 is 1.81 bits per heavy atom. The van der Waals surface area contributed by atoms with Crippen molar-refractivity contribution in [2.75, 3.05) is 7.05 Å². The standard InChI is InChI=1S/C19H24FN/c1-4-18(15-8-6-5-7-9-15)19(21-3)13-16-12-17(20)11-10-14(16)2/h5-12,18-19,21H,4,13H2,1-3H3. The summed E-state index contributed by atoms with van der Waals surface area (Å²) >= 11 is 0. The molecule has 0 saturated carbocycles. The van der Waals surface area contributed by atoms with E-state index in [1.54, 1.807) is 6.07 Å². The van der Waals surface area contributed by atoms with Gasteiger partial charge in [0.1, 0.15) is 5.82 Å². The van der Waals surface area contributed by atoms with Gasteiger partial charge in [-0.3, -0.25) is 0 Å². The minimum Gasteiger partial charge on any atom is -0.316 e. The molecule has 0 amide bonds. The molecule has 0 spiro atoms. The van der Waals surface area contributed by atoms with Crippen molar-refractivity contribution in [2.45, 2.75) is 38.6 Å². The molecule has 0 aromatic heterocycles. The van der Waals surface area contributed by atoms with Crippen LogP contribution in [0.15, 0.2) is 48.5 Å². The zero-order chi connectivity index (χ0) is 15.2. The second kappa shape index (κ2) is 7.37. The van der Waals surface area contributed by atoms with Crippen LogP contribution in [0.3, 0.4) is 0 Å². The van der Waals surface area contributed by atoms with Gasteiger partial charge in [-0.05, 0) is 61.6 Å². The fourth-order valence-corrected chi connectivity index (χ4v) is 3.00. The zero-order valence-electron chi connectivity index (χ0n) is 13.1. The van der Waals surface area contributed by atoms with E-state index in [0.717, 1.165) is 24.0 Å². The van der Waals surface area contributed by atoms with Gasteiger partial charge in [-0.1, -0.05) is 43.3 Å². The Labute approximate surface area is 127 Å². The van der Waals surface area contributed by atoms with Crippen LogP contribution in [0, 0.1) is 12.7 Å². The van der Waals surface area contributed by atoms with Crippen molar-refractivity contribution in [1.82, 2.24) is 5.32 Å². The molecule has 2 rings (SSSR count). The quantitative estimate of drug-likeness (QED) is 0.826. The molecule has 2 aromatic rings. The van der Waals surface area contributed by atoms with E-state index in [0.29, 0.717) is 12.0 Å². The molecule has 0 saturated heterocycles. The minimum absolute atomic E-state index is 0.154. The minimum atomic E-state index is -0.154. The number of rotatable bonds is 6. The number of benzene rings is 2. The monoisotopic (exact) mass is 285 g/mol. The number of nitrogens with one attached hydrogen (secondary N) is 1. The smallest absolute Gasteiger partial charge is 0.123 e. The van der Waals surface area contributed by atoms with Crippen molar-refractivity contribution >= 4 is 0 Å². The first-order valence-electron chi connectivity index (χ1n) is 7.63. The maximum absolute atomic E-state index is 13.5. The van der Waals surface area contributed by atoms with Crippen LogP contribution in [-0.4, -0.2) is 13.1 Å². The third kappa shape index (κ3) is 3.92. The third-order valence-electron chi connectivity index (χ3n) is 4.28. The van der Waals surface area contributed by atoms with Crippen LogP contribution in [-0.2, 0) is 6.42 Å². The van der Waals surface area contributed by atoms with Crippen molar-refractivity contribution in [1.29, 1.82) is 0 Å². The first kappa shape index (κ1) is 15.7. The van der Waals surface area contributed by atoms with Gasteiger partial charge in [-0.2, -0.15) is 0 Å². The molecular formula is C19H24FN. The molecule has 112 valence electrons. The van der Waals surface area contributed by atoms with Crippen molar-refractivity contribution in [3.05, 3.63) is 71.0 Å². The van der Waals surface area contributed by atoms with E-state index in [9.17, 15) is 4.39 Å². The highest BCUT2D eigenvalue weighted by Crippen LogP contribution is 2.26. The van der Waals surface area contributed by atoms with Crippen molar-refractivity contribution in [3.63, 3.8) is 0 Å². The normalized spacial score (nSPS) is 13.9. The summed E-state index contributed by atoms with van der Waals surface area (Å²) in [4.78, 5) is 0. The molecular weight excluding hydrogens is 261 g/mol. The van der Waals surface area contributed by atoms with Crippen LogP contribution in [0.5, 0.6) is 0 Å². The SMILES string of the molecule is CCC(c1ccccc1)C(Cc1cc(F)ccc1C)NC. The van der Waals surface area contributed by atoms with E-state index in [-0.39, 0.29) is 5.82 Å². The Bertz CT molecular complexity index is 565. The van der Waals surface area contributed by atoms with Crippen molar-refractivity contribution < 1.29 is 4.39 Å². The Hall–Kier alpha value is -1.67. The van der Waals surface area contributed by atoms with E-state index in [2.05, 4.69) is 36.5 Å². The van der Waals surface area contributed by atoms with Crippen LogP contribution in [0.1, 0.15) is 36.0 Å². The van der Waals surface area contributed by atoms with Crippen LogP contribution in [0.2, 0.25) is 0 Å². The van der Waals surface area contributed by atoms with E-state index in [4.69, 9.17) is 0 Å². The van der Waals surface area contributed by atoms with Crippen LogP contribution < -0.4 is 5.32 Å². The summed E-state index contributed by atoms with van der Waals surface area (Å²) in [7, 11) is 1.99.